The molecule has 0 atom stereocenters. The van der Waals surface area contributed by atoms with Gasteiger partial charge in [-0.15, -0.1) is 0 Å². The Balaban J connectivity index is 0.00000242. The zero-order valence-electron chi connectivity index (χ0n) is 12.7. The number of fused-ring (bicyclic) bond motifs is 1. The van der Waals surface area contributed by atoms with E-state index in [-0.39, 0.29) is 36.2 Å². The van der Waals surface area contributed by atoms with Crippen molar-refractivity contribution in [3.05, 3.63) is 34.5 Å². The molecule has 0 unspecified atom stereocenters. The van der Waals surface area contributed by atoms with Crippen molar-refractivity contribution >= 4 is 46.4 Å². The number of aromatic carboxylic acids is 1. The minimum absolute atomic E-state index is 0. The molecule has 0 saturated carbocycles. The molecule has 0 spiro atoms. The van der Waals surface area contributed by atoms with Crippen LogP contribution in [0.2, 0.25) is 0 Å². The molecule has 0 aliphatic carbocycles. The molecule has 2 rings (SSSR count). The average Bonchev–Trinajstić information content (AvgIpc) is 2.76. The average molecular weight is 313 g/mol. The number of aliphatic hydroxyl groups excluding tert-OH is 1. The molecule has 0 fully saturated rings. The van der Waals surface area contributed by atoms with Gasteiger partial charge in [-0.2, -0.15) is 0 Å². The molecule has 0 bridgehead atoms. The van der Waals surface area contributed by atoms with Gasteiger partial charge in [0.1, 0.15) is 0 Å². The summed E-state index contributed by atoms with van der Waals surface area (Å²) in [5.74, 6) is -0.903. The second kappa shape index (κ2) is 8.73. The molecule has 2 aromatic rings. The third-order valence-corrected chi connectivity index (χ3v) is 3.96. The molecule has 1 aromatic carbocycles. The van der Waals surface area contributed by atoms with Crippen LogP contribution in [0.25, 0.3) is 10.9 Å². The van der Waals surface area contributed by atoms with Crippen LogP contribution in [0.5, 0.6) is 0 Å². The summed E-state index contributed by atoms with van der Waals surface area (Å²) in [6.45, 7) is 4.09. The summed E-state index contributed by atoms with van der Waals surface area (Å²) in [6.07, 6.45) is 4.99. The number of aromatic amines is 1. The van der Waals surface area contributed by atoms with Crippen molar-refractivity contribution in [2.45, 2.75) is 46.0 Å². The number of unbranched alkanes of at least 4 members (excludes halogenated alkanes) is 2. The van der Waals surface area contributed by atoms with Gasteiger partial charge in [0.25, 0.3) is 0 Å². The maximum absolute atomic E-state index is 11.2. The molecule has 3 N–H and O–H groups in total. The van der Waals surface area contributed by atoms with E-state index in [0.717, 1.165) is 47.0 Å². The zero-order chi connectivity index (χ0) is 15.4. The molecule has 116 valence electrons. The summed E-state index contributed by atoms with van der Waals surface area (Å²) >= 11 is 0. The van der Waals surface area contributed by atoms with E-state index in [9.17, 15) is 15.0 Å². The Morgan fingerprint density at radius 1 is 1.23 bits per heavy atom. The van der Waals surface area contributed by atoms with Gasteiger partial charge in [-0.1, -0.05) is 19.8 Å². The number of rotatable bonds is 7. The van der Waals surface area contributed by atoms with Gasteiger partial charge in [0.15, 0.2) is 0 Å². The van der Waals surface area contributed by atoms with E-state index in [4.69, 9.17) is 0 Å². The Kier molecular flexibility index (Phi) is 7.63. The van der Waals surface area contributed by atoms with Crippen LogP contribution in [-0.4, -0.2) is 57.3 Å². The van der Waals surface area contributed by atoms with E-state index in [1.165, 1.54) is 6.42 Å². The van der Waals surface area contributed by atoms with Crippen LogP contribution in [0.4, 0.5) is 0 Å². The molecule has 22 heavy (non-hydrogen) atoms. The van der Waals surface area contributed by atoms with Gasteiger partial charge >= 0.3 is 35.5 Å². The Morgan fingerprint density at radius 2 is 1.95 bits per heavy atom. The van der Waals surface area contributed by atoms with Gasteiger partial charge in [-0.25, -0.2) is 4.79 Å². The number of nitrogens with one attached hydrogen (secondary N) is 1. The van der Waals surface area contributed by atoms with E-state index in [0.29, 0.717) is 12.0 Å². The number of aromatic nitrogens is 1. The fraction of sp³-hybridized carbons (Fsp3) is 0.471. The molecule has 1 aromatic heterocycles. The van der Waals surface area contributed by atoms with Gasteiger partial charge in [0.05, 0.1) is 5.56 Å². The Bertz CT molecular complexity index is 649. The number of carboxylic acids is 1. The molecule has 0 aliphatic heterocycles. The Labute approximate surface area is 153 Å². The molecule has 4 nitrogen and oxygen atoms in total. The van der Waals surface area contributed by atoms with Crippen LogP contribution in [0.3, 0.4) is 0 Å². The number of carboxylic acid groups (broad SMARTS) is 1. The number of aryl methyl sites for hydroxylation is 2. The second-order valence-electron chi connectivity index (χ2n) is 5.53. The molecule has 5 heteroatoms. The Morgan fingerprint density at radius 3 is 2.55 bits per heavy atom. The van der Waals surface area contributed by atoms with Crippen molar-refractivity contribution in [1.82, 2.24) is 4.98 Å². The summed E-state index contributed by atoms with van der Waals surface area (Å²) in [5, 5.41) is 19.6. The van der Waals surface area contributed by atoms with Crippen molar-refractivity contribution in [2.75, 3.05) is 6.61 Å². The number of carbonyl (C=O) groups is 1. The quantitative estimate of drug-likeness (QED) is 0.543. The molecular weight excluding hydrogens is 289 g/mol. The van der Waals surface area contributed by atoms with E-state index < -0.39 is 5.97 Å². The predicted octanol–water partition coefficient (Wildman–Crippen LogP) is 2.79. The first kappa shape index (κ1) is 19.2. The molecule has 0 aliphatic rings. The fourth-order valence-corrected chi connectivity index (χ4v) is 2.85. The third kappa shape index (κ3) is 4.13. The van der Waals surface area contributed by atoms with Gasteiger partial charge in [0.2, 0.25) is 0 Å². The second-order valence-corrected chi connectivity index (χ2v) is 5.53. The van der Waals surface area contributed by atoms with Crippen molar-refractivity contribution in [3.8, 4) is 0 Å². The van der Waals surface area contributed by atoms with E-state index in [1.54, 1.807) is 6.07 Å². The Hall–Kier alpha value is -0.810. The van der Waals surface area contributed by atoms with Crippen molar-refractivity contribution in [1.29, 1.82) is 0 Å². The maximum atomic E-state index is 11.2. The van der Waals surface area contributed by atoms with Crippen molar-refractivity contribution < 1.29 is 15.0 Å². The number of benzene rings is 1. The third-order valence-electron chi connectivity index (χ3n) is 3.96. The van der Waals surface area contributed by atoms with Crippen LogP contribution in [0.15, 0.2) is 12.1 Å². The molecule has 0 radical (unpaired) electrons. The molecule has 0 amide bonds. The van der Waals surface area contributed by atoms with Gasteiger partial charge in [-0.3, -0.25) is 0 Å². The van der Waals surface area contributed by atoms with Crippen LogP contribution >= 0.6 is 0 Å². The fourth-order valence-electron chi connectivity index (χ4n) is 2.85. The monoisotopic (exact) mass is 313 g/mol. The summed E-state index contributed by atoms with van der Waals surface area (Å²) in [6, 6.07) is 3.63. The van der Waals surface area contributed by atoms with E-state index in [2.05, 4.69) is 11.9 Å². The van der Waals surface area contributed by atoms with Crippen molar-refractivity contribution in [2.24, 2.45) is 0 Å². The van der Waals surface area contributed by atoms with E-state index in [1.807, 2.05) is 13.0 Å². The van der Waals surface area contributed by atoms with Crippen LogP contribution in [0, 0.1) is 6.92 Å². The van der Waals surface area contributed by atoms with Gasteiger partial charge < -0.3 is 15.2 Å². The molecular formula is C17H24NNaO3. The van der Waals surface area contributed by atoms with Gasteiger partial charge in [-0.05, 0) is 49.4 Å². The SMILES string of the molecule is CCCCCc1[nH]c2cc(C(=O)O)c(C)cc2c1CCO.[NaH]. The van der Waals surface area contributed by atoms with Crippen LogP contribution in [-0.2, 0) is 12.8 Å². The number of aliphatic hydroxyl groups is 1. The normalized spacial score (nSPS) is 10.7. The summed E-state index contributed by atoms with van der Waals surface area (Å²) in [7, 11) is 0. The van der Waals surface area contributed by atoms with Gasteiger partial charge in [0, 0.05) is 23.2 Å². The van der Waals surface area contributed by atoms with Crippen LogP contribution in [0.1, 0.15) is 53.4 Å². The summed E-state index contributed by atoms with van der Waals surface area (Å²) < 4.78 is 0. The van der Waals surface area contributed by atoms with Crippen LogP contribution < -0.4 is 0 Å². The first-order chi connectivity index (χ1) is 10.1. The van der Waals surface area contributed by atoms with Crippen molar-refractivity contribution in [3.63, 3.8) is 0 Å². The summed E-state index contributed by atoms with van der Waals surface area (Å²) in [5.41, 5.74) is 4.21. The minimum atomic E-state index is -0.903. The summed E-state index contributed by atoms with van der Waals surface area (Å²) in [4.78, 5) is 14.6. The number of hydrogen-bond acceptors (Lipinski definition) is 2. The first-order valence-corrected chi connectivity index (χ1v) is 7.56. The molecule has 0 saturated heterocycles. The first-order valence-electron chi connectivity index (χ1n) is 7.56. The molecule has 1 heterocycles. The standard InChI is InChI=1S/C17H23NO3.Na.H/c1-3-4-5-6-15-12(7-8-19)14-9-11(2)13(17(20)21)10-16(14)18-15;;/h9-10,18-19H,3-8H2,1-2H3,(H,20,21);;. The van der Waals surface area contributed by atoms with E-state index >= 15 is 0 Å². The predicted molar refractivity (Wildman–Crippen MR) is 91.2 cm³/mol. The number of H-pyrrole nitrogens is 1. The topological polar surface area (TPSA) is 73.3 Å². The number of hydrogen-bond donors (Lipinski definition) is 3. The zero-order valence-corrected chi connectivity index (χ0v) is 12.7.